The number of hydrogen-bond donors (Lipinski definition) is 3. The number of nitrogen functional groups attached to an aromatic ring is 1. The third-order valence-corrected chi connectivity index (χ3v) is 3.21. The van der Waals surface area contributed by atoms with Crippen molar-refractivity contribution in [2.45, 2.75) is 32.6 Å². The maximum Gasteiger partial charge on any atom is 0.117 e. The summed E-state index contributed by atoms with van der Waals surface area (Å²) in [6.45, 7) is 5.34. The van der Waals surface area contributed by atoms with E-state index in [-0.39, 0.29) is 5.75 Å². The highest BCUT2D eigenvalue weighted by molar-refractivity contribution is 5.67. The Kier molecular flexibility index (Phi) is 7.11. The molecule has 0 fully saturated rings. The van der Waals surface area contributed by atoms with Crippen LogP contribution in [0.5, 0.6) is 5.75 Å². The van der Waals surface area contributed by atoms with Crippen LogP contribution in [0, 0.1) is 0 Å². The minimum Gasteiger partial charge on any atom is -0.508 e. The molecule has 0 saturated carbocycles. The second-order valence-corrected chi connectivity index (χ2v) is 5.06. The Morgan fingerprint density at radius 3 is 2.68 bits per heavy atom. The van der Waals surface area contributed by atoms with Crippen molar-refractivity contribution in [3.8, 4) is 5.75 Å². The smallest absolute Gasteiger partial charge is 0.117 e. The molecule has 4 heteroatoms. The molecule has 0 atom stereocenters. The van der Waals surface area contributed by atoms with Gasteiger partial charge in [0.05, 0.1) is 11.4 Å². The van der Waals surface area contributed by atoms with Gasteiger partial charge in [-0.1, -0.05) is 19.8 Å². The lowest BCUT2D eigenvalue weighted by Gasteiger charge is -2.17. The SMILES string of the molecule is CCCCCN(C)CCCNc1cc(O)ccc1N. The van der Waals surface area contributed by atoms with Crippen LogP contribution < -0.4 is 11.1 Å². The van der Waals surface area contributed by atoms with Crippen LogP contribution in [-0.2, 0) is 0 Å². The molecule has 0 unspecified atom stereocenters. The van der Waals surface area contributed by atoms with E-state index >= 15 is 0 Å². The molecular weight excluding hydrogens is 238 g/mol. The zero-order valence-electron chi connectivity index (χ0n) is 12.2. The van der Waals surface area contributed by atoms with Gasteiger partial charge in [-0.25, -0.2) is 0 Å². The summed E-state index contributed by atoms with van der Waals surface area (Å²) in [6, 6.07) is 4.98. The molecule has 0 bridgehead atoms. The lowest BCUT2D eigenvalue weighted by molar-refractivity contribution is 0.324. The van der Waals surface area contributed by atoms with E-state index in [1.807, 2.05) is 0 Å². The number of aromatic hydroxyl groups is 1. The van der Waals surface area contributed by atoms with Gasteiger partial charge in [0.15, 0.2) is 0 Å². The Morgan fingerprint density at radius 2 is 1.95 bits per heavy atom. The summed E-state index contributed by atoms with van der Waals surface area (Å²) in [5.41, 5.74) is 7.32. The standard InChI is InChI=1S/C15H27N3O/c1-3-4-5-10-18(2)11-6-9-17-15-12-13(19)7-8-14(15)16/h7-8,12,17,19H,3-6,9-11,16H2,1-2H3. The van der Waals surface area contributed by atoms with Crippen molar-refractivity contribution < 1.29 is 5.11 Å². The number of hydrogen-bond acceptors (Lipinski definition) is 4. The van der Waals surface area contributed by atoms with Crippen LogP contribution in [0.4, 0.5) is 11.4 Å². The normalized spacial score (nSPS) is 10.9. The Morgan fingerprint density at radius 1 is 1.21 bits per heavy atom. The molecule has 0 heterocycles. The zero-order valence-corrected chi connectivity index (χ0v) is 12.2. The predicted octanol–water partition coefficient (Wildman–Crippen LogP) is 2.90. The Balaban J connectivity index is 2.18. The van der Waals surface area contributed by atoms with Gasteiger partial charge in [-0.05, 0) is 45.1 Å². The molecular formula is C15H27N3O. The molecule has 19 heavy (non-hydrogen) atoms. The van der Waals surface area contributed by atoms with Crippen LogP contribution in [0.2, 0.25) is 0 Å². The summed E-state index contributed by atoms with van der Waals surface area (Å²) in [7, 11) is 2.17. The monoisotopic (exact) mass is 265 g/mol. The number of rotatable bonds is 9. The topological polar surface area (TPSA) is 61.5 Å². The van der Waals surface area contributed by atoms with Crippen LogP contribution in [0.25, 0.3) is 0 Å². The summed E-state index contributed by atoms with van der Waals surface area (Å²) >= 11 is 0. The maximum absolute atomic E-state index is 9.40. The number of nitrogens with two attached hydrogens (primary N) is 1. The Bertz CT molecular complexity index is 368. The average molecular weight is 265 g/mol. The molecule has 0 aliphatic heterocycles. The number of benzene rings is 1. The van der Waals surface area contributed by atoms with Crippen LogP contribution in [0.3, 0.4) is 0 Å². The van der Waals surface area contributed by atoms with Gasteiger partial charge in [-0.3, -0.25) is 0 Å². The van der Waals surface area contributed by atoms with Gasteiger partial charge in [0.2, 0.25) is 0 Å². The number of phenols is 1. The van der Waals surface area contributed by atoms with E-state index in [2.05, 4.69) is 24.2 Å². The molecule has 4 nitrogen and oxygen atoms in total. The molecule has 0 aliphatic carbocycles. The second-order valence-electron chi connectivity index (χ2n) is 5.06. The van der Waals surface area contributed by atoms with E-state index in [1.54, 1.807) is 18.2 Å². The highest BCUT2D eigenvalue weighted by Crippen LogP contribution is 2.23. The predicted molar refractivity (Wildman–Crippen MR) is 82.6 cm³/mol. The fraction of sp³-hybridized carbons (Fsp3) is 0.600. The van der Waals surface area contributed by atoms with Crippen molar-refractivity contribution in [2.24, 2.45) is 0 Å². The van der Waals surface area contributed by atoms with Gasteiger partial charge in [-0.15, -0.1) is 0 Å². The molecule has 0 aromatic heterocycles. The average Bonchev–Trinajstić information content (AvgIpc) is 2.39. The molecule has 0 aliphatic rings. The lowest BCUT2D eigenvalue weighted by atomic mass is 10.2. The van der Waals surface area contributed by atoms with E-state index in [0.29, 0.717) is 5.69 Å². The fourth-order valence-corrected chi connectivity index (χ4v) is 2.01. The Labute approximate surface area is 116 Å². The highest BCUT2D eigenvalue weighted by atomic mass is 16.3. The van der Waals surface area contributed by atoms with Gasteiger partial charge >= 0.3 is 0 Å². The molecule has 4 N–H and O–H groups in total. The van der Waals surface area contributed by atoms with Crippen LogP contribution >= 0.6 is 0 Å². The summed E-state index contributed by atoms with van der Waals surface area (Å²) < 4.78 is 0. The van der Waals surface area contributed by atoms with E-state index < -0.39 is 0 Å². The quantitative estimate of drug-likeness (QED) is 0.365. The van der Waals surface area contributed by atoms with Crippen LogP contribution in [0.1, 0.15) is 32.6 Å². The van der Waals surface area contributed by atoms with E-state index in [1.165, 1.54) is 25.8 Å². The Hall–Kier alpha value is -1.42. The molecule has 1 aromatic carbocycles. The van der Waals surface area contributed by atoms with Gasteiger partial charge in [0, 0.05) is 12.6 Å². The molecule has 0 spiro atoms. The fourth-order valence-electron chi connectivity index (χ4n) is 2.01. The minimum atomic E-state index is 0.244. The highest BCUT2D eigenvalue weighted by Gasteiger charge is 2.01. The molecule has 1 aromatic rings. The maximum atomic E-state index is 9.40. The van der Waals surface area contributed by atoms with E-state index in [0.717, 1.165) is 25.2 Å². The number of anilines is 2. The first-order valence-electron chi connectivity index (χ1n) is 7.14. The summed E-state index contributed by atoms with van der Waals surface area (Å²) in [4.78, 5) is 2.36. The van der Waals surface area contributed by atoms with E-state index in [9.17, 15) is 5.11 Å². The second kappa shape index (κ2) is 8.64. The van der Waals surface area contributed by atoms with Crippen molar-refractivity contribution in [1.82, 2.24) is 4.90 Å². The lowest BCUT2D eigenvalue weighted by Crippen LogP contribution is -2.22. The van der Waals surface area contributed by atoms with Gasteiger partial charge in [-0.2, -0.15) is 0 Å². The minimum absolute atomic E-state index is 0.244. The molecule has 108 valence electrons. The van der Waals surface area contributed by atoms with Crippen molar-refractivity contribution in [3.63, 3.8) is 0 Å². The van der Waals surface area contributed by atoms with Crippen molar-refractivity contribution in [1.29, 1.82) is 0 Å². The van der Waals surface area contributed by atoms with Crippen molar-refractivity contribution in [2.75, 3.05) is 37.7 Å². The number of nitrogens with zero attached hydrogens (tertiary/aromatic N) is 1. The van der Waals surface area contributed by atoms with Crippen molar-refractivity contribution >= 4 is 11.4 Å². The summed E-state index contributed by atoms with van der Waals surface area (Å²) in [5, 5.41) is 12.7. The zero-order chi connectivity index (χ0) is 14.1. The number of unbranched alkanes of at least 4 members (excludes halogenated alkanes) is 2. The first kappa shape index (κ1) is 15.6. The third-order valence-electron chi connectivity index (χ3n) is 3.21. The van der Waals surface area contributed by atoms with Crippen molar-refractivity contribution in [3.05, 3.63) is 18.2 Å². The first-order chi connectivity index (χ1) is 9.13. The number of phenolic OH excluding ortho intramolecular Hbond substituents is 1. The van der Waals surface area contributed by atoms with Crippen LogP contribution in [0.15, 0.2) is 18.2 Å². The first-order valence-corrected chi connectivity index (χ1v) is 7.14. The molecule has 0 amide bonds. The van der Waals surface area contributed by atoms with Crippen LogP contribution in [-0.4, -0.2) is 36.7 Å². The largest absolute Gasteiger partial charge is 0.508 e. The van der Waals surface area contributed by atoms with E-state index in [4.69, 9.17) is 5.73 Å². The molecule has 0 radical (unpaired) electrons. The third kappa shape index (κ3) is 6.34. The number of nitrogens with one attached hydrogen (secondary N) is 1. The molecule has 1 rings (SSSR count). The van der Waals surface area contributed by atoms with Gasteiger partial charge in [0.25, 0.3) is 0 Å². The van der Waals surface area contributed by atoms with Gasteiger partial charge < -0.3 is 21.1 Å². The summed E-state index contributed by atoms with van der Waals surface area (Å²) in [6.07, 6.45) is 4.92. The molecule has 0 saturated heterocycles. The summed E-state index contributed by atoms with van der Waals surface area (Å²) in [5.74, 6) is 0.244. The van der Waals surface area contributed by atoms with Gasteiger partial charge in [0.1, 0.15) is 5.75 Å².